The number of thioether (sulfide) groups is 1. The summed E-state index contributed by atoms with van der Waals surface area (Å²) in [6.45, 7) is 0.0273. The molecule has 0 radical (unpaired) electrons. The minimum absolute atomic E-state index is 0.0273. The summed E-state index contributed by atoms with van der Waals surface area (Å²) in [5.41, 5.74) is 6.42. The fourth-order valence-electron chi connectivity index (χ4n) is 2.15. The minimum atomic E-state index is -0.998. The van der Waals surface area contributed by atoms with Gasteiger partial charge in [0.1, 0.15) is 0 Å². The van der Waals surface area contributed by atoms with Crippen molar-refractivity contribution in [2.75, 3.05) is 6.54 Å². The Labute approximate surface area is 163 Å². The van der Waals surface area contributed by atoms with E-state index in [0.717, 1.165) is 16.7 Å². The van der Waals surface area contributed by atoms with Gasteiger partial charge in [-0.25, -0.2) is 0 Å². The van der Waals surface area contributed by atoms with Crippen LogP contribution in [0.15, 0.2) is 52.0 Å². The summed E-state index contributed by atoms with van der Waals surface area (Å²) in [7, 11) is 0. The fourth-order valence-corrected chi connectivity index (χ4v) is 3.02. The number of aliphatic imine (C=N–C) groups is 1. The summed E-state index contributed by atoms with van der Waals surface area (Å²) in [4.78, 5) is 49.9. The van der Waals surface area contributed by atoms with Crippen molar-refractivity contribution in [3.63, 3.8) is 0 Å². The van der Waals surface area contributed by atoms with Crippen molar-refractivity contribution in [1.82, 2.24) is 4.90 Å². The molecular formula is C17H16N4O6S. The van der Waals surface area contributed by atoms with Crippen LogP contribution in [0.5, 0.6) is 0 Å². The lowest BCUT2D eigenvalue weighted by Gasteiger charge is -2.10. The van der Waals surface area contributed by atoms with E-state index in [1.165, 1.54) is 42.6 Å². The maximum Gasteiger partial charge on any atom is 0.303 e. The first kappa shape index (κ1) is 20.8. The third-order valence-electron chi connectivity index (χ3n) is 3.49. The first-order valence-electron chi connectivity index (χ1n) is 7.99. The van der Waals surface area contributed by atoms with Crippen molar-refractivity contribution in [3.8, 4) is 0 Å². The number of nitrogens with zero attached hydrogens (tertiary/aromatic N) is 3. The zero-order valence-corrected chi connectivity index (χ0v) is 15.3. The molecule has 10 nitrogen and oxygen atoms in total. The van der Waals surface area contributed by atoms with Crippen molar-refractivity contribution >= 4 is 46.5 Å². The second-order valence-corrected chi connectivity index (χ2v) is 6.54. The van der Waals surface area contributed by atoms with E-state index in [4.69, 9.17) is 10.8 Å². The molecule has 0 bridgehead atoms. The van der Waals surface area contributed by atoms with Crippen LogP contribution in [0.3, 0.4) is 0 Å². The Morgan fingerprint density at radius 2 is 2.00 bits per heavy atom. The molecule has 0 unspecified atom stereocenters. The molecule has 1 aliphatic heterocycles. The molecule has 3 N–H and O–H groups in total. The molecule has 2 rings (SSSR count). The molecule has 1 aromatic rings. The molecule has 0 spiro atoms. The number of hydrogen-bond acceptors (Lipinski definition) is 8. The maximum absolute atomic E-state index is 12.2. The number of carboxylic acid groups (broad SMARTS) is 1. The first-order chi connectivity index (χ1) is 13.3. The monoisotopic (exact) mass is 404 g/mol. The van der Waals surface area contributed by atoms with Gasteiger partial charge in [-0.3, -0.25) is 34.4 Å². The number of allylic oxidation sites excluding steroid dienone is 2. The molecule has 1 aromatic carbocycles. The van der Waals surface area contributed by atoms with E-state index in [9.17, 15) is 24.5 Å². The van der Waals surface area contributed by atoms with Crippen LogP contribution in [-0.2, 0) is 9.59 Å². The quantitative estimate of drug-likeness (QED) is 0.290. The molecule has 146 valence electrons. The lowest BCUT2D eigenvalue weighted by Crippen LogP contribution is -2.29. The minimum Gasteiger partial charge on any atom is -0.481 e. The van der Waals surface area contributed by atoms with Gasteiger partial charge in [0.15, 0.2) is 0 Å². The molecule has 1 fully saturated rings. The summed E-state index contributed by atoms with van der Waals surface area (Å²) in [6, 6.07) is 5.59. The molecule has 2 amide bonds. The highest BCUT2D eigenvalue weighted by Crippen LogP contribution is 2.31. The van der Waals surface area contributed by atoms with Gasteiger partial charge >= 0.3 is 5.97 Å². The Morgan fingerprint density at radius 1 is 1.32 bits per heavy atom. The second kappa shape index (κ2) is 9.46. The van der Waals surface area contributed by atoms with Gasteiger partial charge in [-0.05, 0) is 42.5 Å². The third-order valence-corrected chi connectivity index (χ3v) is 4.40. The van der Waals surface area contributed by atoms with Gasteiger partial charge in [0, 0.05) is 37.0 Å². The first-order valence-corrected chi connectivity index (χ1v) is 8.81. The number of nitro groups is 1. The highest BCUT2D eigenvalue weighted by atomic mass is 32.2. The number of carboxylic acids is 1. The Bertz CT molecular complexity index is 891. The number of carbonyl (C=O) groups excluding carboxylic acids is 2. The molecule has 0 atom stereocenters. The molecule has 28 heavy (non-hydrogen) atoms. The average molecular weight is 404 g/mol. The zero-order valence-electron chi connectivity index (χ0n) is 14.5. The molecule has 11 heteroatoms. The van der Waals surface area contributed by atoms with E-state index >= 15 is 0 Å². The molecule has 1 aliphatic rings. The predicted octanol–water partition coefficient (Wildman–Crippen LogP) is 2.58. The van der Waals surface area contributed by atoms with Crippen LogP contribution in [0.2, 0.25) is 0 Å². The predicted molar refractivity (Wildman–Crippen MR) is 103 cm³/mol. The molecule has 1 saturated heterocycles. The fraction of sp³-hybridized carbons (Fsp3) is 0.176. The van der Waals surface area contributed by atoms with Gasteiger partial charge in [0.25, 0.3) is 16.8 Å². The van der Waals surface area contributed by atoms with Gasteiger partial charge < -0.3 is 10.8 Å². The van der Waals surface area contributed by atoms with Gasteiger partial charge in [-0.1, -0.05) is 0 Å². The lowest BCUT2D eigenvalue weighted by atomic mass is 10.3. The van der Waals surface area contributed by atoms with E-state index in [-0.39, 0.29) is 35.7 Å². The van der Waals surface area contributed by atoms with E-state index in [0.29, 0.717) is 5.69 Å². The van der Waals surface area contributed by atoms with Crippen LogP contribution in [0, 0.1) is 10.1 Å². The highest BCUT2D eigenvalue weighted by molar-refractivity contribution is 8.18. The maximum atomic E-state index is 12.2. The summed E-state index contributed by atoms with van der Waals surface area (Å²) in [5, 5.41) is 18.7. The summed E-state index contributed by atoms with van der Waals surface area (Å²) >= 11 is 0.725. The Morgan fingerprint density at radius 3 is 2.61 bits per heavy atom. The Kier molecular flexibility index (Phi) is 7.04. The van der Waals surface area contributed by atoms with Crippen LogP contribution in [-0.4, -0.2) is 44.8 Å². The van der Waals surface area contributed by atoms with E-state index in [1.54, 1.807) is 0 Å². The van der Waals surface area contributed by atoms with Crippen LogP contribution in [0.25, 0.3) is 0 Å². The van der Waals surface area contributed by atoms with Gasteiger partial charge in [-0.2, -0.15) is 0 Å². The Balaban J connectivity index is 1.99. The van der Waals surface area contributed by atoms with E-state index in [1.807, 2.05) is 0 Å². The summed E-state index contributed by atoms with van der Waals surface area (Å²) in [6.07, 6.45) is 4.16. The number of hydrogen-bond donors (Lipinski definition) is 2. The summed E-state index contributed by atoms with van der Waals surface area (Å²) < 4.78 is 0. The normalized spacial score (nSPS) is 16.4. The molecule has 1 heterocycles. The van der Waals surface area contributed by atoms with E-state index in [2.05, 4.69) is 4.99 Å². The topological polar surface area (TPSA) is 156 Å². The SMILES string of the molecule is NC(=CC=Nc1ccc([N+](=O)[O-])cc1)/C=C1\SC(=O)N(CCCC(=O)O)C1=O. The number of rotatable bonds is 8. The molecule has 0 aromatic heterocycles. The third kappa shape index (κ3) is 5.77. The lowest BCUT2D eigenvalue weighted by molar-refractivity contribution is -0.384. The largest absolute Gasteiger partial charge is 0.481 e. The Hall–Kier alpha value is -3.47. The number of benzene rings is 1. The number of amides is 2. The number of aliphatic carboxylic acids is 1. The van der Waals surface area contributed by atoms with Crippen LogP contribution >= 0.6 is 11.8 Å². The van der Waals surface area contributed by atoms with Crippen molar-refractivity contribution in [2.45, 2.75) is 12.8 Å². The number of nitrogens with two attached hydrogens (primary N) is 1. The van der Waals surface area contributed by atoms with Crippen LogP contribution < -0.4 is 5.73 Å². The number of nitro benzene ring substituents is 1. The average Bonchev–Trinajstić information content (AvgIpc) is 2.89. The number of non-ortho nitro benzene ring substituents is 1. The van der Waals surface area contributed by atoms with Crippen LogP contribution in [0.1, 0.15) is 12.8 Å². The van der Waals surface area contributed by atoms with Gasteiger partial charge in [-0.15, -0.1) is 0 Å². The molecule has 0 aliphatic carbocycles. The van der Waals surface area contributed by atoms with Gasteiger partial charge in [0.05, 0.1) is 15.5 Å². The van der Waals surface area contributed by atoms with Crippen molar-refractivity contribution in [3.05, 3.63) is 57.1 Å². The number of carbonyl (C=O) groups is 3. The smallest absolute Gasteiger partial charge is 0.303 e. The van der Waals surface area contributed by atoms with Crippen LogP contribution in [0.4, 0.5) is 16.2 Å². The standard InChI is InChI=1S/C17H16N4O6S/c18-11(7-8-19-12-3-5-13(6-4-12)21(26)27)10-14-16(24)20(17(25)28-14)9-1-2-15(22)23/h3-8,10H,1-2,9,18H2,(H,22,23)/b11-7?,14-10-,19-8?. The second-order valence-electron chi connectivity index (χ2n) is 5.55. The summed E-state index contributed by atoms with van der Waals surface area (Å²) in [5.74, 6) is -1.52. The van der Waals surface area contributed by atoms with Crippen molar-refractivity contribution < 1.29 is 24.4 Å². The van der Waals surface area contributed by atoms with Crippen molar-refractivity contribution in [1.29, 1.82) is 0 Å². The van der Waals surface area contributed by atoms with Crippen molar-refractivity contribution in [2.24, 2.45) is 10.7 Å². The molecule has 0 saturated carbocycles. The van der Waals surface area contributed by atoms with E-state index < -0.39 is 22.0 Å². The van der Waals surface area contributed by atoms with Gasteiger partial charge in [0.2, 0.25) is 0 Å². The number of imide groups is 1. The highest BCUT2D eigenvalue weighted by Gasteiger charge is 2.34. The molecular weight excluding hydrogens is 388 g/mol. The zero-order chi connectivity index (χ0) is 20.7.